The van der Waals surface area contributed by atoms with Gasteiger partial charge in [0, 0.05) is 5.56 Å². The highest BCUT2D eigenvalue weighted by Gasteiger charge is 2.19. The van der Waals surface area contributed by atoms with Crippen LogP contribution in [0, 0.1) is 0 Å². The molecule has 3 rings (SSSR count). The van der Waals surface area contributed by atoms with Gasteiger partial charge in [-0.1, -0.05) is 36.4 Å². The maximum atomic E-state index is 5.84. The van der Waals surface area contributed by atoms with Crippen LogP contribution in [0.3, 0.4) is 0 Å². The number of hydrogen-bond acceptors (Lipinski definition) is 3. The van der Waals surface area contributed by atoms with Gasteiger partial charge in [-0.25, -0.2) is 5.43 Å². The molecule has 0 aliphatic heterocycles. The molecule has 1 aliphatic rings. The Morgan fingerprint density at radius 2 is 1.95 bits per heavy atom. The van der Waals surface area contributed by atoms with E-state index in [1.165, 1.54) is 36.0 Å². The van der Waals surface area contributed by atoms with Crippen molar-refractivity contribution in [3.05, 3.63) is 64.7 Å². The summed E-state index contributed by atoms with van der Waals surface area (Å²) in [6.07, 6.45) is 3.63. The molecule has 0 aromatic heterocycles. The summed E-state index contributed by atoms with van der Waals surface area (Å²) in [6, 6.07) is 14.7. The van der Waals surface area contributed by atoms with Crippen molar-refractivity contribution >= 4 is 0 Å². The van der Waals surface area contributed by atoms with E-state index >= 15 is 0 Å². The summed E-state index contributed by atoms with van der Waals surface area (Å²) in [5, 5.41) is 0. The Morgan fingerprint density at radius 3 is 2.76 bits per heavy atom. The van der Waals surface area contributed by atoms with Gasteiger partial charge in [-0.05, 0) is 48.9 Å². The first kappa shape index (κ1) is 14.1. The van der Waals surface area contributed by atoms with Crippen molar-refractivity contribution in [2.45, 2.75) is 32.2 Å². The average molecular weight is 282 g/mol. The number of nitrogens with two attached hydrogens (primary N) is 1. The number of hydrogen-bond donors (Lipinski definition) is 2. The van der Waals surface area contributed by atoms with Gasteiger partial charge in [0.1, 0.15) is 5.75 Å². The Bertz CT molecular complexity index is 624. The largest absolute Gasteiger partial charge is 0.494 e. The van der Waals surface area contributed by atoms with Gasteiger partial charge in [-0.2, -0.15) is 0 Å². The summed E-state index contributed by atoms with van der Waals surface area (Å²) in [5.41, 5.74) is 8.17. The second-order valence-corrected chi connectivity index (χ2v) is 5.45. The molecular weight excluding hydrogens is 260 g/mol. The van der Waals surface area contributed by atoms with Crippen LogP contribution in [0.4, 0.5) is 0 Å². The fourth-order valence-electron chi connectivity index (χ4n) is 3.14. The third kappa shape index (κ3) is 2.80. The van der Waals surface area contributed by atoms with Crippen LogP contribution in [0.25, 0.3) is 0 Å². The molecule has 0 heterocycles. The molecule has 110 valence electrons. The summed E-state index contributed by atoms with van der Waals surface area (Å²) in [7, 11) is 0. The Kier molecular flexibility index (Phi) is 4.23. The quantitative estimate of drug-likeness (QED) is 0.654. The monoisotopic (exact) mass is 282 g/mol. The van der Waals surface area contributed by atoms with Gasteiger partial charge in [0.2, 0.25) is 0 Å². The number of nitrogens with one attached hydrogen (secondary N) is 1. The van der Waals surface area contributed by atoms with Crippen molar-refractivity contribution < 1.29 is 4.74 Å². The molecular formula is C18H22N2O. The summed E-state index contributed by atoms with van der Waals surface area (Å²) in [6.45, 7) is 2.65. The minimum Gasteiger partial charge on any atom is -0.494 e. The summed E-state index contributed by atoms with van der Waals surface area (Å²) >= 11 is 0. The summed E-state index contributed by atoms with van der Waals surface area (Å²) in [4.78, 5) is 0. The molecule has 3 N–H and O–H groups in total. The highest BCUT2D eigenvalue weighted by Crippen LogP contribution is 2.32. The van der Waals surface area contributed by atoms with Gasteiger partial charge < -0.3 is 4.74 Å². The first-order chi connectivity index (χ1) is 10.3. The summed E-state index contributed by atoms with van der Waals surface area (Å²) < 4.78 is 5.74. The Balaban J connectivity index is 1.98. The van der Waals surface area contributed by atoms with Crippen molar-refractivity contribution in [2.75, 3.05) is 6.61 Å². The zero-order valence-electron chi connectivity index (χ0n) is 12.4. The molecule has 1 atom stereocenters. The number of para-hydroxylation sites is 1. The molecule has 0 amide bonds. The van der Waals surface area contributed by atoms with Gasteiger partial charge in [0.25, 0.3) is 0 Å². The van der Waals surface area contributed by atoms with Crippen LogP contribution in [0.5, 0.6) is 5.75 Å². The average Bonchev–Trinajstić information content (AvgIpc) is 2.98. The van der Waals surface area contributed by atoms with E-state index in [4.69, 9.17) is 10.6 Å². The van der Waals surface area contributed by atoms with Crippen molar-refractivity contribution in [1.82, 2.24) is 5.43 Å². The summed E-state index contributed by atoms with van der Waals surface area (Å²) in [5.74, 6) is 6.73. The number of benzene rings is 2. The van der Waals surface area contributed by atoms with E-state index in [2.05, 4.69) is 29.7 Å². The lowest BCUT2D eigenvalue weighted by Crippen LogP contribution is -2.29. The molecule has 2 aromatic rings. The second kappa shape index (κ2) is 6.29. The van der Waals surface area contributed by atoms with Crippen LogP contribution in [0.15, 0.2) is 42.5 Å². The van der Waals surface area contributed by atoms with E-state index in [0.29, 0.717) is 6.61 Å². The van der Waals surface area contributed by atoms with Gasteiger partial charge >= 0.3 is 0 Å². The molecule has 1 aliphatic carbocycles. The fourth-order valence-corrected chi connectivity index (χ4v) is 3.14. The lowest BCUT2D eigenvalue weighted by molar-refractivity contribution is 0.333. The smallest absolute Gasteiger partial charge is 0.124 e. The molecule has 0 bridgehead atoms. The topological polar surface area (TPSA) is 47.3 Å². The van der Waals surface area contributed by atoms with E-state index in [-0.39, 0.29) is 6.04 Å². The maximum absolute atomic E-state index is 5.84. The zero-order chi connectivity index (χ0) is 14.7. The van der Waals surface area contributed by atoms with Crippen LogP contribution in [-0.2, 0) is 12.8 Å². The Morgan fingerprint density at radius 1 is 1.14 bits per heavy atom. The van der Waals surface area contributed by atoms with Crippen molar-refractivity contribution in [3.8, 4) is 5.75 Å². The van der Waals surface area contributed by atoms with E-state index in [9.17, 15) is 0 Å². The molecule has 0 fully saturated rings. The second-order valence-electron chi connectivity index (χ2n) is 5.45. The maximum Gasteiger partial charge on any atom is 0.124 e. The minimum atomic E-state index is -0.0429. The fraction of sp³-hybridized carbons (Fsp3) is 0.333. The normalized spacial score (nSPS) is 14.8. The lowest BCUT2D eigenvalue weighted by atomic mass is 9.95. The van der Waals surface area contributed by atoms with Crippen LogP contribution < -0.4 is 16.0 Å². The number of hydrazine groups is 1. The van der Waals surface area contributed by atoms with Crippen LogP contribution in [0.2, 0.25) is 0 Å². The third-order valence-corrected chi connectivity index (χ3v) is 4.15. The molecule has 1 unspecified atom stereocenters. The van der Waals surface area contributed by atoms with Crippen molar-refractivity contribution in [3.63, 3.8) is 0 Å². The van der Waals surface area contributed by atoms with E-state index < -0.39 is 0 Å². The number of rotatable bonds is 5. The number of ether oxygens (including phenoxy) is 1. The molecule has 3 nitrogen and oxygen atoms in total. The van der Waals surface area contributed by atoms with Crippen LogP contribution in [0.1, 0.15) is 41.6 Å². The predicted octanol–water partition coefficient (Wildman–Crippen LogP) is 3.13. The highest BCUT2D eigenvalue weighted by atomic mass is 16.5. The van der Waals surface area contributed by atoms with Crippen LogP contribution >= 0.6 is 0 Å². The standard InChI is InChI=1S/C18H22N2O/c1-2-21-17-9-4-3-8-16(17)18(20-19)15-11-10-13-6-5-7-14(13)12-15/h3-4,8-12,18,20H,2,5-7,19H2,1H3. The molecule has 2 aromatic carbocycles. The van der Waals surface area contributed by atoms with E-state index in [1.807, 2.05) is 25.1 Å². The molecule has 21 heavy (non-hydrogen) atoms. The van der Waals surface area contributed by atoms with Crippen LogP contribution in [-0.4, -0.2) is 6.61 Å². The van der Waals surface area contributed by atoms with Gasteiger partial charge in [-0.15, -0.1) is 0 Å². The van der Waals surface area contributed by atoms with Crippen molar-refractivity contribution in [1.29, 1.82) is 0 Å². The van der Waals surface area contributed by atoms with Gasteiger partial charge in [0.15, 0.2) is 0 Å². The molecule has 0 saturated heterocycles. The third-order valence-electron chi connectivity index (χ3n) is 4.15. The highest BCUT2D eigenvalue weighted by molar-refractivity contribution is 5.44. The SMILES string of the molecule is CCOc1ccccc1C(NN)c1ccc2c(c1)CCC2. The first-order valence-electron chi connectivity index (χ1n) is 7.63. The van der Waals surface area contributed by atoms with E-state index in [0.717, 1.165) is 11.3 Å². The first-order valence-corrected chi connectivity index (χ1v) is 7.63. The minimum absolute atomic E-state index is 0.0429. The number of fused-ring (bicyclic) bond motifs is 1. The zero-order valence-corrected chi connectivity index (χ0v) is 12.4. The molecule has 0 radical (unpaired) electrons. The van der Waals surface area contributed by atoms with Gasteiger partial charge in [-0.3, -0.25) is 5.84 Å². The lowest BCUT2D eigenvalue weighted by Gasteiger charge is -2.21. The molecule has 3 heteroatoms. The molecule has 0 spiro atoms. The Labute approximate surface area is 126 Å². The van der Waals surface area contributed by atoms with E-state index in [1.54, 1.807) is 0 Å². The van der Waals surface area contributed by atoms with Gasteiger partial charge in [0.05, 0.1) is 12.6 Å². The molecule has 0 saturated carbocycles. The van der Waals surface area contributed by atoms with Crippen molar-refractivity contribution in [2.24, 2.45) is 5.84 Å². The number of aryl methyl sites for hydroxylation is 2. The Hall–Kier alpha value is -1.84. The predicted molar refractivity (Wildman–Crippen MR) is 85.2 cm³/mol.